The van der Waals surface area contributed by atoms with Crippen molar-refractivity contribution in [3.63, 3.8) is 0 Å². The Kier molecular flexibility index (Phi) is 4.62. The fourth-order valence-electron chi connectivity index (χ4n) is 1.09. The Morgan fingerprint density at radius 3 is 2.81 bits per heavy atom. The molecule has 0 saturated heterocycles. The molecule has 0 bridgehead atoms. The minimum atomic E-state index is -0.496. The molecule has 0 aliphatic carbocycles. The van der Waals surface area contributed by atoms with Crippen molar-refractivity contribution in [2.75, 3.05) is 0 Å². The number of carbonyl (C=O) groups excluding carboxylic acids is 1. The van der Waals surface area contributed by atoms with E-state index in [-0.39, 0.29) is 0 Å². The summed E-state index contributed by atoms with van der Waals surface area (Å²) < 4.78 is 5.10. The number of alkyl halides is 1. The van der Waals surface area contributed by atoms with Crippen molar-refractivity contribution in [1.29, 1.82) is 0 Å². The molecule has 0 fully saturated rings. The lowest BCUT2D eigenvalue weighted by atomic mass is 10.2. The van der Waals surface area contributed by atoms with Crippen LogP contribution < -0.4 is 5.32 Å². The van der Waals surface area contributed by atoms with E-state index in [1.54, 1.807) is 11.3 Å². The van der Waals surface area contributed by atoms with E-state index in [1.165, 1.54) is 0 Å². The van der Waals surface area contributed by atoms with E-state index < -0.39 is 17.2 Å². The summed E-state index contributed by atoms with van der Waals surface area (Å²) in [7, 11) is 0. The molecule has 1 heterocycles. The summed E-state index contributed by atoms with van der Waals surface area (Å²) in [6, 6.07) is 3.94. The van der Waals surface area contributed by atoms with Crippen molar-refractivity contribution in [3.05, 3.63) is 22.4 Å². The Morgan fingerprint density at radius 2 is 2.31 bits per heavy atom. The van der Waals surface area contributed by atoms with Crippen LogP contribution in [0.25, 0.3) is 0 Å². The molecule has 0 aromatic carbocycles. The van der Waals surface area contributed by atoms with E-state index in [9.17, 15) is 4.79 Å². The minimum Gasteiger partial charge on any atom is -0.444 e. The van der Waals surface area contributed by atoms with Gasteiger partial charge in [0.1, 0.15) is 11.1 Å². The van der Waals surface area contributed by atoms with Crippen LogP contribution in [0.1, 0.15) is 25.6 Å². The maximum atomic E-state index is 11.4. The van der Waals surface area contributed by atoms with Crippen LogP contribution in [0.2, 0.25) is 0 Å². The first-order valence-corrected chi connectivity index (χ1v) is 6.34. The Balaban J connectivity index is 2.34. The molecule has 0 radical (unpaired) electrons. The smallest absolute Gasteiger partial charge is 0.408 e. The number of thiophene rings is 1. The number of nitrogens with one attached hydrogen (secondary N) is 1. The molecule has 1 aromatic rings. The van der Waals surface area contributed by atoms with Gasteiger partial charge in [0.2, 0.25) is 0 Å². The quantitative estimate of drug-likeness (QED) is 0.669. The maximum Gasteiger partial charge on any atom is 0.408 e. The largest absolute Gasteiger partial charge is 0.444 e. The average molecular weight is 262 g/mol. The van der Waals surface area contributed by atoms with Crippen LogP contribution in [0.15, 0.2) is 17.5 Å². The third-order valence-electron chi connectivity index (χ3n) is 1.63. The first kappa shape index (κ1) is 13.3. The number of ether oxygens (including phenoxy) is 1. The number of alkyl carbamates (subject to hydrolysis) is 1. The van der Waals surface area contributed by atoms with Gasteiger partial charge in [0, 0.05) is 11.3 Å². The van der Waals surface area contributed by atoms with Crippen molar-refractivity contribution in [1.82, 2.24) is 5.32 Å². The zero-order chi connectivity index (χ0) is 12.2. The molecule has 1 aromatic heterocycles. The lowest BCUT2D eigenvalue weighted by molar-refractivity contribution is 0.0521. The maximum absolute atomic E-state index is 11.4. The van der Waals surface area contributed by atoms with Gasteiger partial charge >= 0.3 is 6.09 Å². The first-order chi connectivity index (χ1) is 7.37. The molecular weight excluding hydrogens is 246 g/mol. The van der Waals surface area contributed by atoms with E-state index in [4.69, 9.17) is 16.3 Å². The van der Waals surface area contributed by atoms with Crippen molar-refractivity contribution in [2.24, 2.45) is 0 Å². The molecule has 1 amide bonds. The summed E-state index contributed by atoms with van der Waals surface area (Å²) in [6.07, 6.45) is 0.127. The molecule has 0 aliphatic heterocycles. The van der Waals surface area contributed by atoms with E-state index in [0.29, 0.717) is 6.42 Å². The van der Waals surface area contributed by atoms with Crippen molar-refractivity contribution in [2.45, 2.75) is 38.3 Å². The first-order valence-electron chi connectivity index (χ1n) is 5.03. The molecular formula is C11H16ClNO2S. The summed E-state index contributed by atoms with van der Waals surface area (Å²) in [6.45, 7) is 5.44. The van der Waals surface area contributed by atoms with Gasteiger partial charge in [-0.3, -0.25) is 0 Å². The standard InChI is InChI=1S/C11H16ClNO2S/c1-11(2,3)15-10(14)13-9(12)7-8-5-4-6-16-8/h4-6,9H,7H2,1-3H3,(H,13,14). The average Bonchev–Trinajstić information content (AvgIpc) is 2.51. The zero-order valence-electron chi connectivity index (χ0n) is 9.62. The highest BCUT2D eigenvalue weighted by Gasteiger charge is 2.18. The second-order valence-corrected chi connectivity index (χ2v) is 5.96. The Labute approximate surface area is 105 Å². The highest BCUT2D eigenvalue weighted by Crippen LogP contribution is 2.13. The number of halogens is 1. The fraction of sp³-hybridized carbons (Fsp3) is 0.545. The van der Waals surface area contributed by atoms with Gasteiger partial charge in [-0.25, -0.2) is 4.79 Å². The summed E-state index contributed by atoms with van der Waals surface area (Å²) in [5, 5.41) is 4.56. The molecule has 5 heteroatoms. The van der Waals surface area contributed by atoms with Crippen LogP contribution in [-0.4, -0.2) is 17.2 Å². The Morgan fingerprint density at radius 1 is 1.62 bits per heavy atom. The Bertz CT molecular complexity index is 332. The van der Waals surface area contributed by atoms with Crippen LogP contribution in [0, 0.1) is 0 Å². The van der Waals surface area contributed by atoms with E-state index in [2.05, 4.69) is 5.32 Å². The van der Waals surface area contributed by atoms with Gasteiger partial charge < -0.3 is 10.1 Å². The van der Waals surface area contributed by atoms with Gasteiger partial charge in [0.05, 0.1) is 0 Å². The van der Waals surface area contributed by atoms with Gasteiger partial charge in [0.15, 0.2) is 0 Å². The highest BCUT2D eigenvalue weighted by atomic mass is 35.5. The third kappa shape index (κ3) is 5.37. The molecule has 1 atom stereocenters. The summed E-state index contributed by atoms with van der Waals surface area (Å²) in [5.41, 5.74) is -0.933. The molecule has 90 valence electrons. The van der Waals surface area contributed by atoms with Crippen molar-refractivity contribution < 1.29 is 9.53 Å². The highest BCUT2D eigenvalue weighted by molar-refractivity contribution is 7.09. The van der Waals surface area contributed by atoms with E-state index >= 15 is 0 Å². The van der Waals surface area contributed by atoms with Gasteiger partial charge in [-0.05, 0) is 32.2 Å². The molecule has 1 unspecified atom stereocenters. The summed E-state index contributed by atoms with van der Waals surface area (Å²) >= 11 is 7.61. The predicted molar refractivity (Wildman–Crippen MR) is 67.0 cm³/mol. The van der Waals surface area contributed by atoms with Crippen LogP contribution in [0.3, 0.4) is 0 Å². The lowest BCUT2D eigenvalue weighted by Crippen LogP contribution is -2.37. The number of hydrogen-bond donors (Lipinski definition) is 1. The van der Waals surface area contributed by atoms with Crippen LogP contribution in [0.4, 0.5) is 4.79 Å². The van der Waals surface area contributed by atoms with Crippen molar-refractivity contribution in [3.8, 4) is 0 Å². The number of amides is 1. The summed E-state index contributed by atoms with van der Waals surface area (Å²) in [5.74, 6) is 0. The number of rotatable bonds is 3. The Hall–Kier alpha value is -0.740. The molecule has 1 rings (SSSR count). The molecule has 0 spiro atoms. The lowest BCUT2D eigenvalue weighted by Gasteiger charge is -2.21. The molecule has 0 aliphatic rings. The predicted octanol–water partition coefficient (Wildman–Crippen LogP) is 3.38. The summed E-state index contributed by atoms with van der Waals surface area (Å²) in [4.78, 5) is 12.5. The topological polar surface area (TPSA) is 38.3 Å². The molecule has 0 saturated carbocycles. The third-order valence-corrected chi connectivity index (χ3v) is 2.80. The molecule has 3 nitrogen and oxygen atoms in total. The zero-order valence-corrected chi connectivity index (χ0v) is 11.2. The van der Waals surface area contributed by atoms with Crippen LogP contribution in [0.5, 0.6) is 0 Å². The monoisotopic (exact) mass is 261 g/mol. The minimum absolute atomic E-state index is 0.437. The van der Waals surface area contributed by atoms with Crippen LogP contribution in [-0.2, 0) is 11.2 Å². The van der Waals surface area contributed by atoms with Gasteiger partial charge in [0.25, 0.3) is 0 Å². The van der Waals surface area contributed by atoms with Gasteiger partial charge in [-0.1, -0.05) is 17.7 Å². The van der Waals surface area contributed by atoms with Gasteiger partial charge in [-0.15, -0.1) is 11.3 Å². The number of carbonyl (C=O) groups is 1. The normalized spacial score (nSPS) is 13.2. The fourth-order valence-corrected chi connectivity index (χ4v) is 2.19. The van der Waals surface area contributed by atoms with Crippen molar-refractivity contribution >= 4 is 29.0 Å². The van der Waals surface area contributed by atoms with E-state index in [1.807, 2.05) is 38.3 Å². The molecule has 16 heavy (non-hydrogen) atoms. The SMILES string of the molecule is CC(C)(C)OC(=O)NC(Cl)Cc1cccs1. The van der Waals surface area contributed by atoms with Gasteiger partial charge in [-0.2, -0.15) is 0 Å². The molecule has 1 N–H and O–H groups in total. The second-order valence-electron chi connectivity index (χ2n) is 4.40. The number of hydrogen-bond acceptors (Lipinski definition) is 3. The van der Waals surface area contributed by atoms with E-state index in [0.717, 1.165) is 4.88 Å². The van der Waals surface area contributed by atoms with Crippen LogP contribution >= 0.6 is 22.9 Å². The second kappa shape index (κ2) is 5.55.